The summed E-state index contributed by atoms with van der Waals surface area (Å²) >= 11 is 4.54. The van der Waals surface area contributed by atoms with Gasteiger partial charge in [-0.15, -0.1) is 12.6 Å². The molecule has 1 saturated heterocycles. The molecule has 1 unspecified atom stereocenters. The predicted octanol–water partition coefficient (Wildman–Crippen LogP) is 4.55. The van der Waals surface area contributed by atoms with Gasteiger partial charge < -0.3 is 10.5 Å². The number of hydrogen-bond donors (Lipinski definition) is 2. The molecule has 0 saturated carbocycles. The van der Waals surface area contributed by atoms with Gasteiger partial charge in [-0.1, -0.05) is 37.3 Å². The third kappa shape index (κ3) is 5.92. The van der Waals surface area contributed by atoms with Gasteiger partial charge in [0.1, 0.15) is 0 Å². The highest BCUT2D eigenvalue weighted by atomic mass is 32.1. The van der Waals surface area contributed by atoms with Gasteiger partial charge in [0.25, 0.3) is 0 Å². The van der Waals surface area contributed by atoms with Crippen molar-refractivity contribution in [1.82, 2.24) is 4.90 Å². The van der Waals surface area contributed by atoms with Crippen LogP contribution in [0, 0.1) is 17.2 Å². The first-order valence-electron chi connectivity index (χ1n) is 11.2. The molecule has 32 heavy (non-hydrogen) atoms. The number of hydrogen-bond acceptors (Lipinski definition) is 5. The maximum Gasteiger partial charge on any atom is 0.217 e. The van der Waals surface area contributed by atoms with Crippen LogP contribution in [0.25, 0.3) is 11.1 Å². The molecule has 0 aliphatic carbocycles. The number of ether oxygens (including phenoxy) is 1. The molecule has 0 aromatic heterocycles. The molecule has 1 fully saturated rings. The molecule has 0 radical (unpaired) electrons. The summed E-state index contributed by atoms with van der Waals surface area (Å²) in [4.78, 5) is 14.3. The summed E-state index contributed by atoms with van der Waals surface area (Å²) in [5.41, 5.74) is 9.78. The van der Waals surface area contributed by atoms with Crippen LogP contribution in [0.1, 0.15) is 43.7 Å². The molecular weight excluding hydrogens is 418 g/mol. The zero-order chi connectivity index (χ0) is 23.1. The molecule has 2 N–H and O–H groups in total. The zero-order valence-corrected chi connectivity index (χ0v) is 19.9. The fourth-order valence-electron chi connectivity index (χ4n) is 4.63. The fourth-order valence-corrected chi connectivity index (χ4v) is 4.86. The Hall–Kier alpha value is -2.33. The van der Waals surface area contributed by atoms with E-state index in [1.807, 2.05) is 6.07 Å². The summed E-state index contributed by atoms with van der Waals surface area (Å²) in [6.07, 6.45) is 3.82. The number of methoxy groups -OCH3 is 1. The molecule has 0 spiro atoms. The van der Waals surface area contributed by atoms with Crippen LogP contribution in [0.4, 0.5) is 0 Å². The Morgan fingerprint density at radius 1 is 1.25 bits per heavy atom. The maximum absolute atomic E-state index is 11.1. The van der Waals surface area contributed by atoms with Crippen molar-refractivity contribution in [2.24, 2.45) is 11.7 Å². The van der Waals surface area contributed by atoms with Crippen LogP contribution in [0.5, 0.6) is 0 Å². The minimum absolute atomic E-state index is 0.249. The molecule has 6 heteroatoms. The van der Waals surface area contributed by atoms with Gasteiger partial charge in [-0.05, 0) is 66.0 Å². The minimum Gasteiger partial charge on any atom is -0.373 e. The van der Waals surface area contributed by atoms with Crippen molar-refractivity contribution in [3.63, 3.8) is 0 Å². The molecule has 2 aromatic carbocycles. The summed E-state index contributed by atoms with van der Waals surface area (Å²) in [7, 11) is 1.78. The van der Waals surface area contributed by atoms with E-state index in [0.717, 1.165) is 49.2 Å². The Kier molecular flexibility index (Phi) is 8.36. The van der Waals surface area contributed by atoms with Crippen molar-refractivity contribution in [2.75, 3.05) is 26.7 Å². The first-order chi connectivity index (χ1) is 15.4. The lowest BCUT2D eigenvalue weighted by molar-refractivity contribution is -0.118. The number of primary amides is 1. The predicted molar refractivity (Wildman–Crippen MR) is 130 cm³/mol. The number of piperidine rings is 1. The van der Waals surface area contributed by atoms with Crippen molar-refractivity contribution in [1.29, 1.82) is 5.26 Å². The van der Waals surface area contributed by atoms with E-state index in [1.54, 1.807) is 7.11 Å². The van der Waals surface area contributed by atoms with E-state index in [4.69, 9.17) is 15.7 Å². The molecule has 0 bridgehead atoms. The molecule has 2 aromatic rings. The molecule has 1 aliphatic heterocycles. The van der Waals surface area contributed by atoms with E-state index in [2.05, 4.69) is 66.9 Å². The number of amides is 1. The van der Waals surface area contributed by atoms with Crippen LogP contribution < -0.4 is 5.73 Å². The summed E-state index contributed by atoms with van der Waals surface area (Å²) in [5, 5.41) is 8.96. The summed E-state index contributed by atoms with van der Waals surface area (Å²) in [5.74, 6) is 0.104. The molecule has 170 valence electrons. The highest BCUT2D eigenvalue weighted by Gasteiger charge is 2.36. The molecule has 5 nitrogen and oxygen atoms in total. The Morgan fingerprint density at radius 3 is 2.53 bits per heavy atom. The van der Waals surface area contributed by atoms with E-state index < -0.39 is 0 Å². The zero-order valence-electron chi connectivity index (χ0n) is 19.0. The first kappa shape index (κ1) is 24.3. The van der Waals surface area contributed by atoms with Gasteiger partial charge in [0.15, 0.2) is 0 Å². The number of rotatable bonds is 9. The number of nitrogens with zero attached hydrogens (tertiary/aromatic N) is 2. The Bertz CT molecular complexity index is 960. The quantitative estimate of drug-likeness (QED) is 0.433. The fraction of sp³-hybridized carbons (Fsp3) is 0.462. The average Bonchev–Trinajstić information content (AvgIpc) is 2.79. The van der Waals surface area contributed by atoms with Gasteiger partial charge >= 0.3 is 0 Å². The highest BCUT2D eigenvalue weighted by Crippen LogP contribution is 2.37. The van der Waals surface area contributed by atoms with Crippen molar-refractivity contribution in [3.05, 3.63) is 53.6 Å². The monoisotopic (exact) mass is 451 g/mol. The number of likely N-dealkylation sites (tertiary alicyclic amines) is 1. The van der Waals surface area contributed by atoms with E-state index in [-0.39, 0.29) is 11.5 Å². The van der Waals surface area contributed by atoms with Crippen LogP contribution in [-0.4, -0.2) is 37.6 Å². The molecule has 1 aliphatic rings. The van der Waals surface area contributed by atoms with E-state index >= 15 is 0 Å². The topological polar surface area (TPSA) is 79.3 Å². The van der Waals surface area contributed by atoms with Crippen LogP contribution in [-0.2, 0) is 21.6 Å². The second kappa shape index (κ2) is 11.0. The van der Waals surface area contributed by atoms with Crippen LogP contribution >= 0.6 is 12.6 Å². The summed E-state index contributed by atoms with van der Waals surface area (Å²) in [6.45, 7) is 4.35. The third-order valence-electron chi connectivity index (χ3n) is 6.61. The van der Waals surface area contributed by atoms with Gasteiger partial charge in [0, 0.05) is 31.5 Å². The van der Waals surface area contributed by atoms with Gasteiger partial charge in [-0.25, -0.2) is 0 Å². The van der Waals surface area contributed by atoms with Gasteiger partial charge in [-0.3, -0.25) is 9.69 Å². The summed E-state index contributed by atoms with van der Waals surface area (Å²) < 4.78 is 6.02. The van der Waals surface area contributed by atoms with Crippen molar-refractivity contribution >= 4 is 18.5 Å². The smallest absolute Gasteiger partial charge is 0.217 e. The number of nitriles is 1. The Labute approximate surface area is 197 Å². The second-order valence-corrected chi connectivity index (χ2v) is 9.38. The van der Waals surface area contributed by atoms with Crippen LogP contribution in [0.3, 0.4) is 0 Å². The van der Waals surface area contributed by atoms with Crippen molar-refractivity contribution in [2.45, 2.75) is 49.5 Å². The highest BCUT2D eigenvalue weighted by molar-refractivity contribution is 7.80. The SMILES string of the molecule is COC1(c2ccc(-c3ccc(S)cc3CC(C)CCC(N)=O)cc2)CCN(CC#N)CC1. The summed E-state index contributed by atoms with van der Waals surface area (Å²) in [6, 6.07) is 17.2. The lowest BCUT2D eigenvalue weighted by Gasteiger charge is -2.40. The van der Waals surface area contributed by atoms with E-state index in [0.29, 0.717) is 18.9 Å². The van der Waals surface area contributed by atoms with Crippen molar-refractivity contribution in [3.8, 4) is 17.2 Å². The molecule has 1 heterocycles. The number of benzene rings is 2. The van der Waals surface area contributed by atoms with Crippen molar-refractivity contribution < 1.29 is 9.53 Å². The first-order valence-corrected chi connectivity index (χ1v) is 11.7. The average molecular weight is 452 g/mol. The standard InChI is InChI=1S/C26H33N3O2S/c1-19(3-10-25(28)30)17-21-18-23(32)8-9-24(21)20-4-6-22(7-5-20)26(31-2)11-14-29(15-12-26)16-13-27/h4-9,18-19,32H,3,10-12,14-17H2,1-2H3,(H2,28,30). The number of thiol groups is 1. The third-order valence-corrected chi connectivity index (χ3v) is 6.89. The minimum atomic E-state index is -0.300. The van der Waals surface area contributed by atoms with E-state index in [9.17, 15) is 4.79 Å². The van der Waals surface area contributed by atoms with Gasteiger partial charge in [0.05, 0.1) is 18.2 Å². The molecule has 3 rings (SSSR count). The van der Waals surface area contributed by atoms with Gasteiger partial charge in [0.2, 0.25) is 5.91 Å². The van der Waals surface area contributed by atoms with Gasteiger partial charge in [-0.2, -0.15) is 5.26 Å². The lowest BCUT2D eigenvalue weighted by Crippen LogP contribution is -2.43. The number of carbonyl (C=O) groups is 1. The largest absolute Gasteiger partial charge is 0.373 e. The molecule has 1 atom stereocenters. The maximum atomic E-state index is 11.1. The molecule has 1 amide bonds. The lowest BCUT2D eigenvalue weighted by atomic mass is 9.83. The van der Waals surface area contributed by atoms with Crippen LogP contribution in [0.2, 0.25) is 0 Å². The Balaban J connectivity index is 1.80. The number of carbonyl (C=O) groups excluding carboxylic acids is 1. The van der Waals surface area contributed by atoms with Crippen LogP contribution in [0.15, 0.2) is 47.4 Å². The normalized spacial score (nSPS) is 16.9. The molecular formula is C26H33N3O2S. The number of nitrogens with two attached hydrogens (primary N) is 1. The second-order valence-electron chi connectivity index (χ2n) is 8.87. The Morgan fingerprint density at radius 2 is 1.94 bits per heavy atom. The van der Waals surface area contributed by atoms with E-state index in [1.165, 1.54) is 16.7 Å².